The molecule has 1 heterocycles. The number of hydrogen-bond donors (Lipinski definition) is 1. The lowest BCUT2D eigenvalue weighted by Crippen LogP contribution is -2.35. The standard InChI is InChI=1S/C15H28N2O2S2/c1-6-7-16-10-14-9-15(20-11-14)21(18,19)17(5)13(4)8-12(2)3/h9,11-13,16H,6-8,10H2,1-5H3. The molecule has 4 nitrogen and oxygen atoms in total. The molecule has 6 heteroatoms. The lowest BCUT2D eigenvalue weighted by atomic mass is 10.1. The van der Waals surface area contributed by atoms with Crippen molar-refractivity contribution in [3.63, 3.8) is 0 Å². The molecule has 122 valence electrons. The van der Waals surface area contributed by atoms with E-state index in [0.717, 1.165) is 31.5 Å². The summed E-state index contributed by atoms with van der Waals surface area (Å²) in [5.41, 5.74) is 1.04. The van der Waals surface area contributed by atoms with Gasteiger partial charge in [0.15, 0.2) is 0 Å². The molecule has 0 fully saturated rings. The SMILES string of the molecule is CCCNCc1csc(S(=O)(=O)N(C)C(C)CC(C)C)c1. The molecular formula is C15H28N2O2S2. The van der Waals surface area contributed by atoms with E-state index >= 15 is 0 Å². The van der Waals surface area contributed by atoms with Crippen LogP contribution in [0.25, 0.3) is 0 Å². The Morgan fingerprint density at radius 3 is 2.57 bits per heavy atom. The lowest BCUT2D eigenvalue weighted by molar-refractivity contribution is 0.338. The van der Waals surface area contributed by atoms with Crippen molar-refractivity contribution in [2.24, 2.45) is 5.92 Å². The van der Waals surface area contributed by atoms with Gasteiger partial charge in [-0.15, -0.1) is 11.3 Å². The van der Waals surface area contributed by atoms with Crippen LogP contribution in [0.1, 0.15) is 46.1 Å². The van der Waals surface area contributed by atoms with Crippen molar-refractivity contribution < 1.29 is 8.42 Å². The van der Waals surface area contributed by atoms with E-state index < -0.39 is 10.0 Å². The van der Waals surface area contributed by atoms with Crippen LogP contribution in [0.2, 0.25) is 0 Å². The molecular weight excluding hydrogens is 304 g/mol. The Bertz CT molecular complexity index is 524. The average molecular weight is 333 g/mol. The predicted molar refractivity (Wildman–Crippen MR) is 90.2 cm³/mol. The van der Waals surface area contributed by atoms with Gasteiger partial charge in [0.05, 0.1) is 0 Å². The second kappa shape index (κ2) is 8.27. The summed E-state index contributed by atoms with van der Waals surface area (Å²) in [6.07, 6.45) is 1.94. The molecule has 0 saturated carbocycles. The third kappa shape index (κ3) is 5.36. The van der Waals surface area contributed by atoms with Crippen LogP contribution in [0.15, 0.2) is 15.7 Å². The summed E-state index contributed by atoms with van der Waals surface area (Å²) in [5.74, 6) is 0.481. The van der Waals surface area contributed by atoms with E-state index in [1.165, 1.54) is 15.6 Å². The lowest BCUT2D eigenvalue weighted by Gasteiger charge is -2.24. The van der Waals surface area contributed by atoms with Gasteiger partial charge >= 0.3 is 0 Å². The summed E-state index contributed by atoms with van der Waals surface area (Å²) in [5, 5.41) is 5.22. The largest absolute Gasteiger partial charge is 0.313 e. The maximum absolute atomic E-state index is 12.6. The Kier molecular flexibility index (Phi) is 7.33. The molecule has 1 aromatic heterocycles. The van der Waals surface area contributed by atoms with Crippen molar-refractivity contribution in [1.29, 1.82) is 0 Å². The smallest absolute Gasteiger partial charge is 0.252 e. The van der Waals surface area contributed by atoms with Gasteiger partial charge in [-0.25, -0.2) is 8.42 Å². The van der Waals surface area contributed by atoms with Crippen molar-refractivity contribution in [2.75, 3.05) is 13.6 Å². The Balaban J connectivity index is 2.78. The maximum atomic E-state index is 12.6. The van der Waals surface area contributed by atoms with Crippen LogP contribution in [-0.4, -0.2) is 32.4 Å². The highest BCUT2D eigenvalue weighted by molar-refractivity contribution is 7.91. The highest BCUT2D eigenvalue weighted by Crippen LogP contribution is 2.25. The summed E-state index contributed by atoms with van der Waals surface area (Å²) in [6.45, 7) is 9.98. The molecule has 1 atom stereocenters. The van der Waals surface area contributed by atoms with Gasteiger partial charge in [-0.1, -0.05) is 20.8 Å². The molecule has 1 unspecified atom stereocenters. The van der Waals surface area contributed by atoms with E-state index in [9.17, 15) is 8.42 Å². The highest BCUT2D eigenvalue weighted by Gasteiger charge is 2.27. The molecule has 0 spiro atoms. The van der Waals surface area contributed by atoms with Crippen LogP contribution >= 0.6 is 11.3 Å². The molecule has 0 bridgehead atoms. The molecule has 1 N–H and O–H groups in total. The van der Waals surface area contributed by atoms with E-state index in [0.29, 0.717) is 10.1 Å². The van der Waals surface area contributed by atoms with Gasteiger partial charge in [-0.3, -0.25) is 0 Å². The fraction of sp³-hybridized carbons (Fsp3) is 0.733. The number of nitrogens with one attached hydrogen (secondary N) is 1. The fourth-order valence-corrected chi connectivity index (χ4v) is 4.97. The summed E-state index contributed by atoms with van der Waals surface area (Å²) >= 11 is 1.31. The second-order valence-corrected chi connectivity index (χ2v) is 9.09. The summed E-state index contributed by atoms with van der Waals surface area (Å²) in [6, 6.07) is 1.81. The van der Waals surface area contributed by atoms with Crippen molar-refractivity contribution in [3.8, 4) is 0 Å². The minimum absolute atomic E-state index is 0.0127. The number of sulfonamides is 1. The third-order valence-electron chi connectivity index (χ3n) is 3.45. The first kappa shape index (κ1) is 18.6. The topological polar surface area (TPSA) is 49.4 Å². The second-order valence-electron chi connectivity index (χ2n) is 5.95. The van der Waals surface area contributed by atoms with E-state index in [2.05, 4.69) is 26.1 Å². The van der Waals surface area contributed by atoms with Crippen LogP contribution in [0.3, 0.4) is 0 Å². The van der Waals surface area contributed by atoms with Crippen LogP contribution in [0.5, 0.6) is 0 Å². The van der Waals surface area contributed by atoms with Crippen molar-refractivity contribution in [1.82, 2.24) is 9.62 Å². The molecule has 0 radical (unpaired) electrons. The van der Waals surface area contributed by atoms with Crippen LogP contribution in [-0.2, 0) is 16.6 Å². The zero-order chi connectivity index (χ0) is 16.0. The molecule has 0 amide bonds. The first-order chi connectivity index (χ1) is 9.78. The highest BCUT2D eigenvalue weighted by atomic mass is 32.2. The first-order valence-corrected chi connectivity index (χ1v) is 9.87. The van der Waals surface area contributed by atoms with E-state index in [4.69, 9.17) is 0 Å². The van der Waals surface area contributed by atoms with Gasteiger partial charge in [0.25, 0.3) is 10.0 Å². The van der Waals surface area contributed by atoms with Gasteiger partial charge in [0.1, 0.15) is 4.21 Å². The van der Waals surface area contributed by atoms with Gasteiger partial charge < -0.3 is 5.32 Å². The summed E-state index contributed by atoms with van der Waals surface area (Å²) < 4.78 is 27.2. The molecule has 0 aromatic carbocycles. The van der Waals surface area contributed by atoms with Gasteiger partial charge in [-0.2, -0.15) is 4.31 Å². The quantitative estimate of drug-likeness (QED) is 0.706. The summed E-state index contributed by atoms with van der Waals surface area (Å²) in [7, 11) is -1.69. The van der Waals surface area contributed by atoms with Gasteiger partial charge in [-0.05, 0) is 49.2 Å². The minimum Gasteiger partial charge on any atom is -0.313 e. The molecule has 0 aliphatic rings. The normalized spacial score (nSPS) is 14.0. The van der Waals surface area contributed by atoms with Crippen molar-refractivity contribution >= 4 is 21.4 Å². The van der Waals surface area contributed by atoms with Crippen molar-refractivity contribution in [2.45, 2.75) is 57.3 Å². The summed E-state index contributed by atoms with van der Waals surface area (Å²) in [4.78, 5) is 0. The van der Waals surface area contributed by atoms with E-state index in [-0.39, 0.29) is 6.04 Å². The molecule has 0 aliphatic carbocycles. The average Bonchev–Trinajstić information content (AvgIpc) is 2.86. The molecule has 1 rings (SSSR count). The van der Waals surface area contributed by atoms with Crippen LogP contribution in [0, 0.1) is 5.92 Å². The van der Waals surface area contributed by atoms with Crippen LogP contribution < -0.4 is 5.32 Å². The molecule has 1 aromatic rings. The Hall–Kier alpha value is -0.430. The van der Waals surface area contributed by atoms with E-state index in [1.807, 2.05) is 12.3 Å². The number of nitrogens with zero attached hydrogens (tertiary/aromatic N) is 1. The number of thiophene rings is 1. The zero-order valence-corrected chi connectivity index (χ0v) is 15.4. The van der Waals surface area contributed by atoms with Gasteiger partial charge in [0.2, 0.25) is 0 Å². The van der Waals surface area contributed by atoms with Gasteiger partial charge in [0, 0.05) is 19.6 Å². The third-order valence-corrected chi connectivity index (χ3v) is 6.89. The molecule has 0 saturated heterocycles. The van der Waals surface area contributed by atoms with Crippen LogP contribution in [0.4, 0.5) is 0 Å². The Labute approximate surface area is 133 Å². The van der Waals surface area contributed by atoms with Crippen molar-refractivity contribution in [3.05, 3.63) is 17.0 Å². The number of hydrogen-bond acceptors (Lipinski definition) is 4. The fourth-order valence-electron chi connectivity index (χ4n) is 2.20. The Morgan fingerprint density at radius 1 is 1.33 bits per heavy atom. The minimum atomic E-state index is -3.37. The molecule has 21 heavy (non-hydrogen) atoms. The maximum Gasteiger partial charge on any atom is 0.252 e. The van der Waals surface area contributed by atoms with E-state index in [1.54, 1.807) is 13.1 Å². The predicted octanol–water partition coefficient (Wildman–Crippen LogP) is 3.30. The monoisotopic (exact) mass is 332 g/mol. The molecule has 0 aliphatic heterocycles. The zero-order valence-electron chi connectivity index (χ0n) is 13.7. The number of rotatable bonds is 9. The first-order valence-electron chi connectivity index (χ1n) is 7.55. The Morgan fingerprint density at radius 2 is 2.00 bits per heavy atom.